The Morgan fingerprint density at radius 1 is 1.50 bits per heavy atom. The van der Waals surface area contributed by atoms with Crippen molar-refractivity contribution in [3.05, 3.63) is 23.5 Å². The molecule has 1 saturated carbocycles. The highest BCUT2D eigenvalue weighted by atomic mass is 16.5. The van der Waals surface area contributed by atoms with E-state index in [1.807, 2.05) is 0 Å². The van der Waals surface area contributed by atoms with E-state index in [0.717, 1.165) is 12.2 Å². The number of hydrogen-bond donors (Lipinski definition) is 0. The molecule has 3 aliphatic rings. The fourth-order valence-electron chi connectivity index (χ4n) is 3.00. The molecule has 0 heterocycles. The molecule has 0 amide bonds. The van der Waals surface area contributed by atoms with E-state index in [-0.39, 0.29) is 5.97 Å². The number of carbonyl (C=O) groups excluding carboxylic acids is 1. The molecule has 88 valence electrons. The average Bonchev–Trinajstić information content (AvgIpc) is 2.19. The summed E-state index contributed by atoms with van der Waals surface area (Å²) >= 11 is 0. The van der Waals surface area contributed by atoms with Crippen LogP contribution in [0.4, 0.5) is 0 Å². The van der Waals surface area contributed by atoms with Crippen molar-refractivity contribution in [3.63, 3.8) is 0 Å². The van der Waals surface area contributed by atoms with Gasteiger partial charge in [-0.25, -0.2) is 4.79 Å². The molecule has 0 unspecified atom stereocenters. The van der Waals surface area contributed by atoms with Crippen molar-refractivity contribution in [2.75, 3.05) is 0 Å². The number of esters is 1. The normalized spacial score (nSPS) is 30.8. The van der Waals surface area contributed by atoms with E-state index in [1.165, 1.54) is 12.0 Å². The lowest BCUT2D eigenvalue weighted by molar-refractivity contribution is -0.137. The molecule has 0 spiro atoms. The van der Waals surface area contributed by atoms with E-state index in [4.69, 9.17) is 4.74 Å². The summed E-state index contributed by atoms with van der Waals surface area (Å²) in [4.78, 5) is 11.5. The Morgan fingerprint density at radius 3 is 2.56 bits per heavy atom. The van der Waals surface area contributed by atoms with Crippen molar-refractivity contribution in [2.24, 2.45) is 17.3 Å². The van der Waals surface area contributed by atoms with Gasteiger partial charge in [0.25, 0.3) is 0 Å². The van der Waals surface area contributed by atoms with E-state index in [1.54, 1.807) is 6.92 Å². The molecule has 2 atom stereocenters. The van der Waals surface area contributed by atoms with Crippen LogP contribution in [0, 0.1) is 17.3 Å². The zero-order chi connectivity index (χ0) is 12.1. The smallest absolute Gasteiger partial charge is 0.338 e. The fraction of sp³-hybridized carbons (Fsp3) is 0.643. The van der Waals surface area contributed by atoms with Gasteiger partial charge in [-0.3, -0.25) is 0 Å². The first kappa shape index (κ1) is 11.4. The number of fused-ring (bicyclic) bond motifs is 1. The lowest BCUT2D eigenvalue weighted by atomic mass is 9.48. The van der Waals surface area contributed by atoms with Crippen molar-refractivity contribution in [1.29, 1.82) is 0 Å². The third-order valence-electron chi connectivity index (χ3n) is 4.43. The molecular weight excluding hydrogens is 200 g/mol. The van der Waals surface area contributed by atoms with Crippen molar-refractivity contribution < 1.29 is 9.53 Å². The van der Waals surface area contributed by atoms with Gasteiger partial charge in [0.1, 0.15) is 5.76 Å². The zero-order valence-corrected chi connectivity index (χ0v) is 10.6. The van der Waals surface area contributed by atoms with Crippen LogP contribution in [0.15, 0.2) is 23.5 Å². The molecule has 0 radical (unpaired) electrons. The highest BCUT2D eigenvalue weighted by molar-refractivity contribution is 5.87. The summed E-state index contributed by atoms with van der Waals surface area (Å²) in [6.45, 7) is 12.0. The molecule has 0 saturated heterocycles. The van der Waals surface area contributed by atoms with Gasteiger partial charge in [0.05, 0.1) is 0 Å². The Bertz CT molecular complexity index is 388. The minimum atomic E-state index is -0.284. The Labute approximate surface area is 97.4 Å². The van der Waals surface area contributed by atoms with Gasteiger partial charge < -0.3 is 4.74 Å². The van der Waals surface area contributed by atoms with Gasteiger partial charge in [-0.15, -0.1) is 0 Å². The summed E-state index contributed by atoms with van der Waals surface area (Å²) < 4.78 is 5.40. The molecule has 16 heavy (non-hydrogen) atoms. The minimum absolute atomic E-state index is 0.284. The van der Waals surface area contributed by atoms with Gasteiger partial charge in [-0.2, -0.15) is 0 Å². The Kier molecular flexibility index (Phi) is 2.48. The number of rotatable bonds is 2. The topological polar surface area (TPSA) is 26.3 Å². The van der Waals surface area contributed by atoms with Crippen LogP contribution in [0.5, 0.6) is 0 Å². The molecule has 0 N–H and O–H groups in total. The molecule has 0 aromatic heterocycles. The second kappa shape index (κ2) is 3.47. The molecule has 0 aromatic carbocycles. The van der Waals surface area contributed by atoms with Crippen LogP contribution in [0.25, 0.3) is 0 Å². The molecule has 2 heteroatoms. The maximum atomic E-state index is 11.5. The monoisotopic (exact) mass is 220 g/mol. The predicted octanol–water partition coefficient (Wildman–Crippen LogP) is 3.45. The summed E-state index contributed by atoms with van der Waals surface area (Å²) in [5.74, 6) is 1.88. The van der Waals surface area contributed by atoms with Crippen molar-refractivity contribution in [2.45, 2.75) is 40.5 Å². The highest BCUT2D eigenvalue weighted by Gasteiger charge is 2.53. The molecular formula is C14H20O2. The molecule has 3 rings (SSSR count). The lowest BCUT2D eigenvalue weighted by Gasteiger charge is -2.56. The largest absolute Gasteiger partial charge is 0.428 e. The Hall–Kier alpha value is -1.05. The third kappa shape index (κ3) is 1.51. The summed E-state index contributed by atoms with van der Waals surface area (Å²) in [5.41, 5.74) is 2.13. The van der Waals surface area contributed by atoms with Gasteiger partial charge in [0.2, 0.25) is 0 Å². The van der Waals surface area contributed by atoms with E-state index < -0.39 is 0 Å². The van der Waals surface area contributed by atoms with Gasteiger partial charge in [-0.05, 0) is 43.1 Å². The van der Waals surface area contributed by atoms with Crippen LogP contribution >= 0.6 is 0 Å². The first-order valence-corrected chi connectivity index (χ1v) is 5.91. The summed E-state index contributed by atoms with van der Waals surface area (Å²) in [5, 5.41) is 0. The lowest BCUT2D eigenvalue weighted by Crippen LogP contribution is -2.49. The Morgan fingerprint density at radius 2 is 2.12 bits per heavy atom. The Balaban J connectivity index is 2.16. The van der Waals surface area contributed by atoms with Crippen LogP contribution in [0.2, 0.25) is 0 Å². The minimum Gasteiger partial charge on any atom is -0.428 e. The van der Waals surface area contributed by atoms with Gasteiger partial charge in [0.15, 0.2) is 0 Å². The van der Waals surface area contributed by atoms with Crippen LogP contribution in [0.1, 0.15) is 40.5 Å². The van der Waals surface area contributed by atoms with Crippen LogP contribution in [0.3, 0.4) is 0 Å². The number of ether oxygens (including phenoxy) is 1. The SMILES string of the molecule is C=C(C)C(=O)OC1=C(C)[C@H]2C[C@@H](C1)C2(C)C. The van der Waals surface area contributed by atoms with Crippen LogP contribution < -0.4 is 0 Å². The molecule has 1 fully saturated rings. The maximum Gasteiger partial charge on any atom is 0.338 e. The molecule has 2 bridgehead atoms. The fourth-order valence-corrected chi connectivity index (χ4v) is 3.00. The number of allylic oxidation sites excluding steroid dienone is 2. The number of carbonyl (C=O) groups is 1. The summed E-state index contributed by atoms with van der Waals surface area (Å²) in [7, 11) is 0. The predicted molar refractivity (Wildman–Crippen MR) is 63.6 cm³/mol. The second-order valence-corrected chi connectivity index (χ2v) is 5.79. The van der Waals surface area contributed by atoms with Crippen molar-refractivity contribution in [3.8, 4) is 0 Å². The standard InChI is InChI=1S/C14H20O2/c1-8(2)13(15)16-12-7-10-6-11(9(12)3)14(10,4)5/h10-11H,1,6-7H2,2-5H3/t10-,11+/m0/s1. The molecule has 0 aromatic rings. The van der Waals surface area contributed by atoms with E-state index in [0.29, 0.717) is 22.8 Å². The van der Waals surface area contributed by atoms with E-state index >= 15 is 0 Å². The molecule has 2 nitrogen and oxygen atoms in total. The highest BCUT2D eigenvalue weighted by Crippen LogP contribution is 2.61. The van der Waals surface area contributed by atoms with E-state index in [9.17, 15) is 4.79 Å². The average molecular weight is 220 g/mol. The molecule has 0 aliphatic heterocycles. The maximum absolute atomic E-state index is 11.5. The summed E-state index contributed by atoms with van der Waals surface area (Å²) in [6.07, 6.45) is 2.17. The van der Waals surface area contributed by atoms with Crippen molar-refractivity contribution >= 4 is 5.97 Å². The van der Waals surface area contributed by atoms with Crippen molar-refractivity contribution in [1.82, 2.24) is 0 Å². The molecule has 3 aliphatic carbocycles. The van der Waals surface area contributed by atoms with Crippen LogP contribution in [-0.2, 0) is 9.53 Å². The van der Waals surface area contributed by atoms with Gasteiger partial charge >= 0.3 is 5.97 Å². The van der Waals surface area contributed by atoms with E-state index in [2.05, 4.69) is 27.4 Å². The second-order valence-electron chi connectivity index (χ2n) is 5.79. The first-order valence-electron chi connectivity index (χ1n) is 5.91. The zero-order valence-electron chi connectivity index (χ0n) is 10.6. The third-order valence-corrected chi connectivity index (χ3v) is 4.43. The first-order chi connectivity index (χ1) is 7.34. The summed E-state index contributed by atoms with van der Waals surface area (Å²) in [6, 6.07) is 0. The quantitative estimate of drug-likeness (QED) is 0.526. The van der Waals surface area contributed by atoms with Crippen LogP contribution in [-0.4, -0.2) is 5.97 Å². The van der Waals surface area contributed by atoms with Gasteiger partial charge in [-0.1, -0.05) is 20.4 Å². The number of hydrogen-bond acceptors (Lipinski definition) is 2. The van der Waals surface area contributed by atoms with Gasteiger partial charge in [0, 0.05) is 12.0 Å².